The van der Waals surface area contributed by atoms with Crippen LogP contribution in [0.15, 0.2) is 16.9 Å². The molecule has 1 aromatic rings. The number of carbonyl (C=O) groups excluding carboxylic acids is 2. The van der Waals surface area contributed by atoms with Gasteiger partial charge >= 0.3 is 6.15 Å². The van der Waals surface area contributed by atoms with Gasteiger partial charge in [0, 0.05) is 0 Å². The highest BCUT2D eigenvalue weighted by Gasteiger charge is 1.82. The van der Waals surface area contributed by atoms with Crippen molar-refractivity contribution in [2.45, 2.75) is 0 Å². The van der Waals surface area contributed by atoms with Gasteiger partial charge in [-0.2, -0.15) is 9.59 Å². The zero-order chi connectivity index (χ0) is 7.82. The van der Waals surface area contributed by atoms with E-state index in [-0.39, 0.29) is 6.15 Å². The molecule has 0 amide bonds. The number of nitrogens with zero attached hydrogens (tertiary/aromatic N) is 1. The van der Waals surface area contributed by atoms with Gasteiger partial charge in [0.15, 0.2) is 0 Å². The van der Waals surface area contributed by atoms with Crippen LogP contribution in [0.4, 0.5) is 0 Å². The van der Waals surface area contributed by atoms with Crippen LogP contribution in [0.25, 0.3) is 0 Å². The quantitative estimate of drug-likeness (QED) is 0.475. The van der Waals surface area contributed by atoms with Crippen molar-refractivity contribution in [3.8, 4) is 12.3 Å². The van der Waals surface area contributed by atoms with Gasteiger partial charge in [0.2, 0.25) is 0 Å². The van der Waals surface area contributed by atoms with Crippen LogP contribution in [-0.2, 0) is 9.59 Å². The first-order valence-electron chi connectivity index (χ1n) is 2.20. The molecule has 1 heterocycles. The molecule has 0 spiro atoms. The van der Waals surface area contributed by atoms with Crippen molar-refractivity contribution < 1.29 is 14.0 Å². The lowest BCUT2D eigenvalue weighted by Gasteiger charge is -1.67. The van der Waals surface area contributed by atoms with Crippen LogP contribution in [0.2, 0.25) is 0 Å². The maximum absolute atomic E-state index is 8.12. The summed E-state index contributed by atoms with van der Waals surface area (Å²) in [5.74, 6) is 2.56. The Balaban J connectivity index is 0.000000236. The normalized spacial score (nSPS) is 6.30. The van der Waals surface area contributed by atoms with E-state index >= 15 is 0 Å². The summed E-state index contributed by atoms with van der Waals surface area (Å²) in [5.41, 5.74) is 0. The molecule has 10 heavy (non-hydrogen) atoms. The van der Waals surface area contributed by atoms with Crippen molar-refractivity contribution in [2.75, 3.05) is 0 Å². The summed E-state index contributed by atoms with van der Waals surface area (Å²) in [6.45, 7) is 0. The number of terminal acetylenes is 1. The number of hydrogen-bond donors (Lipinski definition) is 0. The molecule has 0 aliphatic rings. The van der Waals surface area contributed by atoms with Crippen LogP contribution < -0.4 is 0 Å². The van der Waals surface area contributed by atoms with Crippen molar-refractivity contribution in [3.05, 3.63) is 18.4 Å². The Morgan fingerprint density at radius 1 is 1.60 bits per heavy atom. The summed E-state index contributed by atoms with van der Waals surface area (Å²) in [6, 6.07) is 0. The molecule has 1 rings (SSSR count). The van der Waals surface area contributed by atoms with Crippen molar-refractivity contribution >= 4 is 6.15 Å². The van der Waals surface area contributed by atoms with Gasteiger partial charge in [0.1, 0.15) is 6.26 Å². The minimum Gasteiger partial charge on any atom is -0.439 e. The summed E-state index contributed by atoms with van der Waals surface area (Å²) in [4.78, 5) is 19.9. The van der Waals surface area contributed by atoms with Gasteiger partial charge in [0.25, 0.3) is 5.89 Å². The van der Waals surface area contributed by atoms with Gasteiger partial charge in [0.05, 0.1) is 6.20 Å². The monoisotopic (exact) mass is 137 g/mol. The second-order valence-corrected chi connectivity index (χ2v) is 1.06. The topological polar surface area (TPSA) is 60.2 Å². The summed E-state index contributed by atoms with van der Waals surface area (Å²) >= 11 is 0. The Kier molecular flexibility index (Phi) is 4.31. The van der Waals surface area contributed by atoms with Gasteiger partial charge in [-0.05, 0) is 5.92 Å². The predicted octanol–water partition coefficient (Wildman–Crippen LogP) is 0.0724. The van der Waals surface area contributed by atoms with E-state index in [2.05, 4.69) is 15.3 Å². The number of rotatable bonds is 0. The largest absolute Gasteiger partial charge is 0.439 e. The van der Waals surface area contributed by atoms with Crippen molar-refractivity contribution in [1.82, 2.24) is 4.98 Å². The molecule has 1 aromatic heterocycles. The van der Waals surface area contributed by atoms with Gasteiger partial charge < -0.3 is 4.42 Å². The first kappa shape index (κ1) is 8.15. The molecule has 4 heteroatoms. The second kappa shape index (κ2) is 5.29. The lowest BCUT2D eigenvalue weighted by atomic mass is 10.7. The molecule has 0 unspecified atom stereocenters. The molecular weight excluding hydrogens is 134 g/mol. The third-order valence-electron chi connectivity index (χ3n) is 0.556. The average Bonchev–Trinajstić information content (AvgIpc) is 2.39. The molecule has 0 saturated carbocycles. The van der Waals surface area contributed by atoms with E-state index in [1.165, 1.54) is 12.5 Å². The molecule has 0 atom stereocenters. The SMILES string of the molecule is C#Cc1ncco1.O=C=O. The van der Waals surface area contributed by atoms with E-state index in [9.17, 15) is 0 Å². The van der Waals surface area contributed by atoms with E-state index in [0.717, 1.165) is 0 Å². The summed E-state index contributed by atoms with van der Waals surface area (Å²) in [6.07, 6.45) is 8.09. The van der Waals surface area contributed by atoms with Crippen LogP contribution >= 0.6 is 0 Å². The fraction of sp³-hybridized carbons (Fsp3) is 0. The van der Waals surface area contributed by atoms with Gasteiger partial charge in [-0.3, -0.25) is 0 Å². The molecule has 0 radical (unpaired) electrons. The highest BCUT2D eigenvalue weighted by molar-refractivity contribution is 5.20. The van der Waals surface area contributed by atoms with E-state index in [1.54, 1.807) is 0 Å². The Morgan fingerprint density at radius 3 is 2.40 bits per heavy atom. The minimum atomic E-state index is 0.250. The molecule has 0 saturated heterocycles. The van der Waals surface area contributed by atoms with Crippen LogP contribution in [0.1, 0.15) is 5.89 Å². The first-order chi connectivity index (χ1) is 4.85. The highest BCUT2D eigenvalue weighted by Crippen LogP contribution is 1.87. The standard InChI is InChI=1S/C5H3NO.CO2/c1-2-5-6-3-4-7-5;2-1-3/h1,3-4H;. The van der Waals surface area contributed by atoms with Crippen molar-refractivity contribution in [1.29, 1.82) is 0 Å². The molecule has 0 aromatic carbocycles. The van der Waals surface area contributed by atoms with E-state index in [1.807, 2.05) is 0 Å². The van der Waals surface area contributed by atoms with Gasteiger partial charge in [-0.1, -0.05) is 0 Å². The summed E-state index contributed by atoms with van der Waals surface area (Å²) in [5, 5.41) is 0. The second-order valence-electron chi connectivity index (χ2n) is 1.06. The third-order valence-corrected chi connectivity index (χ3v) is 0.556. The molecule has 0 aliphatic heterocycles. The maximum atomic E-state index is 8.12. The zero-order valence-electron chi connectivity index (χ0n) is 4.90. The van der Waals surface area contributed by atoms with Crippen LogP contribution in [-0.4, -0.2) is 11.1 Å². The van der Waals surface area contributed by atoms with Crippen LogP contribution in [0.3, 0.4) is 0 Å². The maximum Gasteiger partial charge on any atom is 0.373 e. The summed E-state index contributed by atoms with van der Waals surface area (Å²) in [7, 11) is 0. The van der Waals surface area contributed by atoms with Crippen molar-refractivity contribution in [3.63, 3.8) is 0 Å². The van der Waals surface area contributed by atoms with E-state index in [4.69, 9.17) is 16.0 Å². The number of oxazole rings is 1. The highest BCUT2D eigenvalue weighted by atomic mass is 16.3. The minimum absolute atomic E-state index is 0.250. The Hall–Kier alpha value is -1.85. The summed E-state index contributed by atoms with van der Waals surface area (Å²) < 4.78 is 4.64. The lowest BCUT2D eigenvalue weighted by molar-refractivity contribution is -0.191. The first-order valence-corrected chi connectivity index (χ1v) is 2.20. The fourth-order valence-electron chi connectivity index (χ4n) is 0.295. The average molecular weight is 137 g/mol. The zero-order valence-corrected chi connectivity index (χ0v) is 4.90. The number of aromatic nitrogens is 1. The Bertz CT molecular complexity index is 238. The molecule has 50 valence electrons. The number of hydrogen-bond acceptors (Lipinski definition) is 4. The van der Waals surface area contributed by atoms with Gasteiger partial charge in [-0.25, -0.2) is 4.98 Å². The third kappa shape index (κ3) is 3.19. The molecule has 0 N–H and O–H groups in total. The molecular formula is C6H3NO3. The lowest BCUT2D eigenvalue weighted by Crippen LogP contribution is -1.64. The Labute approximate surface area is 56.9 Å². The van der Waals surface area contributed by atoms with E-state index in [0.29, 0.717) is 5.89 Å². The molecule has 0 aliphatic carbocycles. The van der Waals surface area contributed by atoms with Crippen molar-refractivity contribution in [2.24, 2.45) is 0 Å². The Morgan fingerprint density at radius 2 is 2.20 bits per heavy atom. The molecule has 0 bridgehead atoms. The predicted molar refractivity (Wildman–Crippen MR) is 29.4 cm³/mol. The van der Waals surface area contributed by atoms with Gasteiger partial charge in [-0.15, -0.1) is 6.42 Å². The fourth-order valence-corrected chi connectivity index (χ4v) is 0.295. The van der Waals surface area contributed by atoms with Crippen LogP contribution in [0, 0.1) is 12.3 Å². The molecule has 4 nitrogen and oxygen atoms in total. The van der Waals surface area contributed by atoms with E-state index < -0.39 is 0 Å². The van der Waals surface area contributed by atoms with Crippen LogP contribution in [0.5, 0.6) is 0 Å². The molecule has 0 fully saturated rings. The smallest absolute Gasteiger partial charge is 0.373 e.